The lowest BCUT2D eigenvalue weighted by Gasteiger charge is -2.15. The van der Waals surface area contributed by atoms with Crippen molar-refractivity contribution in [2.45, 2.75) is 32.2 Å². The van der Waals surface area contributed by atoms with Crippen LogP contribution in [-0.2, 0) is 19.4 Å². The number of hydrogen-bond donors (Lipinski definition) is 1. The summed E-state index contributed by atoms with van der Waals surface area (Å²) in [6, 6.07) is 1.67. The molecule has 1 amide bonds. The van der Waals surface area contributed by atoms with Gasteiger partial charge >= 0.3 is 0 Å². The summed E-state index contributed by atoms with van der Waals surface area (Å²) >= 11 is 0. The number of carbonyl (C=O) groups is 1. The van der Waals surface area contributed by atoms with Crippen molar-refractivity contribution >= 4 is 5.91 Å². The molecule has 0 unspecified atom stereocenters. The van der Waals surface area contributed by atoms with E-state index in [1.807, 2.05) is 0 Å². The van der Waals surface area contributed by atoms with Crippen molar-refractivity contribution in [1.82, 2.24) is 25.1 Å². The predicted octanol–water partition coefficient (Wildman–Crippen LogP) is 0.342. The molecule has 2 aromatic heterocycles. The molecule has 0 bridgehead atoms. The fourth-order valence-corrected chi connectivity index (χ4v) is 2.54. The van der Waals surface area contributed by atoms with E-state index in [4.69, 9.17) is 0 Å². The lowest BCUT2D eigenvalue weighted by atomic mass is 9.97. The molecular formula is C15H17N5O2. The molecule has 7 heteroatoms. The number of nitrogens with zero attached hydrogens (tertiary/aromatic N) is 4. The van der Waals surface area contributed by atoms with Crippen molar-refractivity contribution in [2.24, 2.45) is 0 Å². The predicted molar refractivity (Wildman–Crippen MR) is 79.5 cm³/mol. The lowest BCUT2D eigenvalue weighted by molar-refractivity contribution is 0.0946. The molecule has 2 heterocycles. The first-order valence-corrected chi connectivity index (χ1v) is 7.38. The third kappa shape index (κ3) is 3.19. The first-order chi connectivity index (χ1) is 10.7. The highest BCUT2D eigenvalue weighted by molar-refractivity contribution is 5.91. The molecule has 114 valence electrons. The molecule has 0 aliphatic heterocycles. The topological polar surface area (TPSA) is 89.8 Å². The summed E-state index contributed by atoms with van der Waals surface area (Å²) in [4.78, 5) is 31.6. The van der Waals surface area contributed by atoms with Gasteiger partial charge in [0.25, 0.3) is 11.5 Å². The summed E-state index contributed by atoms with van der Waals surface area (Å²) in [5, 5.41) is 7.12. The summed E-state index contributed by atoms with van der Waals surface area (Å²) < 4.78 is 1.42. The zero-order valence-corrected chi connectivity index (χ0v) is 12.2. The molecule has 7 nitrogen and oxygen atoms in total. The van der Waals surface area contributed by atoms with Gasteiger partial charge in [-0.1, -0.05) is 0 Å². The quantitative estimate of drug-likeness (QED) is 0.879. The van der Waals surface area contributed by atoms with Crippen LogP contribution in [-0.4, -0.2) is 32.2 Å². The largest absolute Gasteiger partial charge is 0.349 e. The van der Waals surface area contributed by atoms with Crippen molar-refractivity contribution in [3.63, 3.8) is 0 Å². The van der Waals surface area contributed by atoms with E-state index in [0.29, 0.717) is 13.1 Å². The average molecular weight is 299 g/mol. The Morgan fingerprint density at radius 1 is 1.27 bits per heavy atom. The molecule has 2 aromatic rings. The van der Waals surface area contributed by atoms with Crippen LogP contribution in [0.5, 0.6) is 0 Å². The summed E-state index contributed by atoms with van der Waals surface area (Å²) in [5.41, 5.74) is 2.21. The second kappa shape index (κ2) is 6.46. The Kier molecular flexibility index (Phi) is 4.22. The first kappa shape index (κ1) is 14.4. The highest BCUT2D eigenvalue weighted by Gasteiger charge is 2.13. The fraction of sp³-hybridized carbons (Fsp3) is 0.400. The summed E-state index contributed by atoms with van der Waals surface area (Å²) in [5.74, 6) is -0.306. The standard InChI is InChI=1S/C15H17N5O2/c21-14-9-11-3-1-2-4-12(11)19-20(14)8-7-18-15(22)13-10-16-5-6-17-13/h5-6,9-10H,1-4,7-8H2,(H,18,22). The number of carbonyl (C=O) groups excluding carboxylic acids is 1. The van der Waals surface area contributed by atoms with Crippen LogP contribution in [0, 0.1) is 0 Å². The molecule has 3 rings (SSSR count). The van der Waals surface area contributed by atoms with Crippen LogP contribution in [0.3, 0.4) is 0 Å². The highest BCUT2D eigenvalue weighted by atomic mass is 16.2. The van der Waals surface area contributed by atoms with Gasteiger partial charge in [-0.25, -0.2) is 9.67 Å². The third-order valence-electron chi connectivity index (χ3n) is 3.68. The number of aromatic nitrogens is 4. The van der Waals surface area contributed by atoms with Crippen LogP contribution >= 0.6 is 0 Å². The number of nitrogens with one attached hydrogen (secondary N) is 1. The van der Waals surface area contributed by atoms with Gasteiger partial charge in [-0.2, -0.15) is 5.10 Å². The van der Waals surface area contributed by atoms with Crippen LogP contribution < -0.4 is 10.9 Å². The second-order valence-corrected chi connectivity index (χ2v) is 5.23. The van der Waals surface area contributed by atoms with E-state index in [0.717, 1.165) is 36.9 Å². The van der Waals surface area contributed by atoms with Crippen molar-refractivity contribution in [3.8, 4) is 0 Å². The monoisotopic (exact) mass is 299 g/mol. The van der Waals surface area contributed by atoms with Gasteiger partial charge in [-0.05, 0) is 31.2 Å². The van der Waals surface area contributed by atoms with Gasteiger partial charge in [0.15, 0.2) is 0 Å². The summed E-state index contributed by atoms with van der Waals surface area (Å²) in [6.07, 6.45) is 8.45. The maximum absolute atomic E-state index is 12.0. The number of aryl methyl sites for hydroxylation is 2. The highest BCUT2D eigenvalue weighted by Crippen LogP contribution is 2.16. The molecule has 0 spiro atoms. The SMILES string of the molecule is O=C(NCCn1nc2c(cc1=O)CCCC2)c1cnccn1. The van der Waals surface area contributed by atoms with Gasteiger partial charge in [-0.15, -0.1) is 0 Å². The lowest BCUT2D eigenvalue weighted by Crippen LogP contribution is -2.33. The van der Waals surface area contributed by atoms with E-state index in [1.54, 1.807) is 6.07 Å². The van der Waals surface area contributed by atoms with Gasteiger partial charge in [-0.3, -0.25) is 14.6 Å². The third-order valence-corrected chi connectivity index (χ3v) is 3.68. The van der Waals surface area contributed by atoms with Crippen LogP contribution in [0.2, 0.25) is 0 Å². The van der Waals surface area contributed by atoms with Crippen LogP contribution in [0.1, 0.15) is 34.6 Å². The Labute approximate surface area is 127 Å². The molecule has 1 aliphatic rings. The Morgan fingerprint density at radius 3 is 2.95 bits per heavy atom. The molecular weight excluding hydrogens is 282 g/mol. The molecule has 0 aromatic carbocycles. The van der Waals surface area contributed by atoms with E-state index in [-0.39, 0.29) is 17.2 Å². The number of hydrogen-bond acceptors (Lipinski definition) is 5. The first-order valence-electron chi connectivity index (χ1n) is 7.38. The maximum atomic E-state index is 12.0. The normalized spacial score (nSPS) is 13.5. The van der Waals surface area contributed by atoms with E-state index in [1.165, 1.54) is 23.3 Å². The minimum atomic E-state index is -0.306. The van der Waals surface area contributed by atoms with Gasteiger partial charge in [0, 0.05) is 25.0 Å². The summed E-state index contributed by atoms with van der Waals surface area (Å²) in [6.45, 7) is 0.666. The number of rotatable bonds is 4. The Bertz CT molecular complexity index is 726. The Balaban J connectivity index is 1.62. The van der Waals surface area contributed by atoms with Crippen LogP contribution in [0.15, 0.2) is 29.5 Å². The van der Waals surface area contributed by atoms with Crippen molar-refractivity contribution in [1.29, 1.82) is 0 Å². The van der Waals surface area contributed by atoms with Crippen LogP contribution in [0.25, 0.3) is 0 Å². The zero-order valence-electron chi connectivity index (χ0n) is 12.2. The summed E-state index contributed by atoms with van der Waals surface area (Å²) in [7, 11) is 0. The molecule has 0 saturated carbocycles. The van der Waals surface area contributed by atoms with Crippen molar-refractivity contribution in [2.75, 3.05) is 6.54 Å². The van der Waals surface area contributed by atoms with Crippen molar-refractivity contribution in [3.05, 3.63) is 52.0 Å². The second-order valence-electron chi connectivity index (χ2n) is 5.23. The Morgan fingerprint density at radius 2 is 2.14 bits per heavy atom. The van der Waals surface area contributed by atoms with Gasteiger partial charge in [0.2, 0.25) is 0 Å². The smallest absolute Gasteiger partial charge is 0.271 e. The molecule has 0 fully saturated rings. The molecule has 22 heavy (non-hydrogen) atoms. The molecule has 0 atom stereocenters. The number of amides is 1. The van der Waals surface area contributed by atoms with Crippen LogP contribution in [0.4, 0.5) is 0 Å². The maximum Gasteiger partial charge on any atom is 0.271 e. The van der Waals surface area contributed by atoms with E-state index in [9.17, 15) is 9.59 Å². The zero-order chi connectivity index (χ0) is 15.4. The van der Waals surface area contributed by atoms with E-state index >= 15 is 0 Å². The van der Waals surface area contributed by atoms with Gasteiger partial charge in [0.05, 0.1) is 18.4 Å². The minimum absolute atomic E-state index is 0.116. The molecule has 1 N–H and O–H groups in total. The van der Waals surface area contributed by atoms with Gasteiger partial charge in [0.1, 0.15) is 5.69 Å². The molecule has 0 radical (unpaired) electrons. The average Bonchev–Trinajstić information content (AvgIpc) is 2.56. The minimum Gasteiger partial charge on any atom is -0.349 e. The van der Waals surface area contributed by atoms with E-state index in [2.05, 4.69) is 20.4 Å². The number of fused-ring (bicyclic) bond motifs is 1. The Hall–Kier alpha value is -2.57. The van der Waals surface area contributed by atoms with E-state index < -0.39 is 0 Å². The molecule has 1 aliphatic carbocycles. The van der Waals surface area contributed by atoms with Gasteiger partial charge < -0.3 is 5.32 Å². The van der Waals surface area contributed by atoms with Crippen molar-refractivity contribution < 1.29 is 4.79 Å². The fourth-order valence-electron chi connectivity index (χ4n) is 2.54. The molecule has 0 saturated heterocycles.